The summed E-state index contributed by atoms with van der Waals surface area (Å²) in [6, 6.07) is 8.29. The van der Waals surface area contributed by atoms with Gasteiger partial charge in [0.1, 0.15) is 23.7 Å². The average Bonchev–Trinajstić information content (AvgIpc) is 3.47. The molecule has 0 spiro atoms. The lowest BCUT2D eigenvalue weighted by atomic mass is 10.1. The van der Waals surface area contributed by atoms with Crippen LogP contribution in [0.5, 0.6) is 0 Å². The number of rotatable bonds is 9. The highest BCUT2D eigenvalue weighted by atomic mass is 19.1. The fourth-order valence-electron chi connectivity index (χ4n) is 4.06. The van der Waals surface area contributed by atoms with Crippen molar-refractivity contribution in [1.82, 2.24) is 29.3 Å². The highest BCUT2D eigenvalue weighted by molar-refractivity contribution is 6.04. The molecule has 5 N–H and O–H groups in total. The minimum absolute atomic E-state index is 0.0603. The van der Waals surface area contributed by atoms with Crippen LogP contribution in [-0.4, -0.2) is 79.8 Å². The van der Waals surface area contributed by atoms with E-state index in [1.165, 1.54) is 6.07 Å². The number of aromatic nitrogens is 6. The van der Waals surface area contributed by atoms with Crippen molar-refractivity contribution in [3.05, 3.63) is 71.8 Å². The van der Waals surface area contributed by atoms with E-state index in [0.717, 1.165) is 24.1 Å². The van der Waals surface area contributed by atoms with E-state index in [1.807, 2.05) is 36.1 Å². The molecule has 2 atom stereocenters. The zero-order valence-corrected chi connectivity index (χ0v) is 23.4. The largest absolute Gasteiger partial charge is 0.479 e. The first kappa shape index (κ1) is 30.9. The Kier molecular flexibility index (Phi) is 9.26. The Bertz CT molecular complexity index is 1630. The SMILES string of the molecule is Cc1cc(F)c(C(=O)Nc2cccc(-c3nncn3C(C)C)n2)cc1-n1cnc(C2CC2)c1.O=C(O)[C@H](O)[C@@H](O)C(=O)O. The van der Waals surface area contributed by atoms with Gasteiger partial charge in [0.15, 0.2) is 18.0 Å². The van der Waals surface area contributed by atoms with E-state index in [0.29, 0.717) is 28.9 Å². The summed E-state index contributed by atoms with van der Waals surface area (Å²) in [6.07, 6.45) is 3.07. The molecule has 3 heterocycles. The molecular formula is C28H30FN7O7. The first-order chi connectivity index (χ1) is 20.4. The van der Waals surface area contributed by atoms with Crippen LogP contribution in [0.1, 0.15) is 60.3 Å². The van der Waals surface area contributed by atoms with E-state index >= 15 is 0 Å². The van der Waals surface area contributed by atoms with Crippen molar-refractivity contribution in [2.24, 2.45) is 0 Å². The van der Waals surface area contributed by atoms with Gasteiger partial charge in [0.05, 0.1) is 23.3 Å². The van der Waals surface area contributed by atoms with Crippen molar-refractivity contribution in [1.29, 1.82) is 0 Å². The fraction of sp³-hybridized carbons (Fsp3) is 0.321. The zero-order valence-electron chi connectivity index (χ0n) is 23.4. The Morgan fingerprint density at radius 1 is 1.05 bits per heavy atom. The van der Waals surface area contributed by atoms with Crippen LogP contribution in [0.25, 0.3) is 17.2 Å². The monoisotopic (exact) mass is 595 g/mol. The molecule has 4 aromatic rings. The molecule has 14 nitrogen and oxygen atoms in total. The van der Waals surface area contributed by atoms with Crippen LogP contribution in [-0.2, 0) is 9.59 Å². The van der Waals surface area contributed by atoms with Gasteiger partial charge in [0.25, 0.3) is 5.91 Å². The summed E-state index contributed by atoms with van der Waals surface area (Å²) < 4.78 is 18.5. The molecule has 0 bridgehead atoms. The Labute approximate surface area is 244 Å². The molecule has 15 heteroatoms. The summed E-state index contributed by atoms with van der Waals surface area (Å²) >= 11 is 0. The number of carbonyl (C=O) groups excluding carboxylic acids is 1. The quantitative estimate of drug-likeness (QED) is 0.190. The Morgan fingerprint density at radius 3 is 2.33 bits per heavy atom. The van der Waals surface area contributed by atoms with Gasteiger partial charge in [-0.1, -0.05) is 6.07 Å². The molecule has 1 amide bonds. The zero-order chi connectivity index (χ0) is 31.4. The molecule has 0 saturated heterocycles. The van der Waals surface area contributed by atoms with Crippen molar-refractivity contribution in [2.45, 2.75) is 57.8 Å². The van der Waals surface area contributed by atoms with E-state index < -0.39 is 35.9 Å². The average molecular weight is 596 g/mol. The minimum atomic E-state index is -2.27. The molecule has 0 unspecified atom stereocenters. The Morgan fingerprint density at radius 2 is 1.72 bits per heavy atom. The second kappa shape index (κ2) is 12.9. The normalized spacial score (nSPS) is 14.0. The molecule has 0 aliphatic heterocycles. The topological polar surface area (TPSA) is 206 Å². The molecular weight excluding hydrogens is 565 g/mol. The number of nitrogens with one attached hydrogen (secondary N) is 1. The summed E-state index contributed by atoms with van der Waals surface area (Å²) in [5, 5.41) is 43.3. The summed E-state index contributed by atoms with van der Waals surface area (Å²) in [5.41, 5.74) is 2.97. The number of hydrogen-bond donors (Lipinski definition) is 5. The van der Waals surface area contributed by atoms with Gasteiger partial charge in [0, 0.05) is 18.2 Å². The van der Waals surface area contributed by atoms with Gasteiger partial charge in [-0.3, -0.25) is 4.79 Å². The van der Waals surface area contributed by atoms with Crippen LogP contribution in [0, 0.1) is 12.7 Å². The maximum atomic E-state index is 14.8. The number of carboxylic acid groups (broad SMARTS) is 2. The number of carbonyl (C=O) groups is 3. The molecule has 0 radical (unpaired) electrons. The van der Waals surface area contributed by atoms with Crippen LogP contribution in [0.2, 0.25) is 0 Å². The summed E-state index contributed by atoms with van der Waals surface area (Å²) in [7, 11) is 0. The molecule has 1 fully saturated rings. The Hall–Kier alpha value is -5.02. The number of anilines is 1. The van der Waals surface area contributed by atoms with Gasteiger partial charge >= 0.3 is 11.9 Å². The number of hydrogen-bond acceptors (Lipinski definition) is 9. The third kappa shape index (κ3) is 7.25. The molecule has 1 saturated carbocycles. The third-order valence-corrected chi connectivity index (χ3v) is 6.56. The molecule has 5 rings (SSSR count). The number of benzene rings is 1. The molecule has 1 aliphatic carbocycles. The number of halogens is 1. The molecule has 226 valence electrons. The molecule has 43 heavy (non-hydrogen) atoms. The van der Waals surface area contributed by atoms with Crippen molar-refractivity contribution in [2.75, 3.05) is 5.32 Å². The van der Waals surface area contributed by atoms with Gasteiger partial charge in [-0.25, -0.2) is 23.9 Å². The number of imidazole rings is 1. The second-order valence-electron chi connectivity index (χ2n) is 10.2. The number of nitrogens with zero attached hydrogens (tertiary/aromatic N) is 6. The van der Waals surface area contributed by atoms with Crippen molar-refractivity contribution < 1.29 is 39.2 Å². The van der Waals surface area contributed by atoms with Gasteiger partial charge in [-0.2, -0.15) is 0 Å². The summed E-state index contributed by atoms with van der Waals surface area (Å²) in [6.45, 7) is 5.85. The number of carboxylic acids is 2. The number of aliphatic carboxylic acids is 2. The lowest BCUT2D eigenvalue weighted by Crippen LogP contribution is -2.39. The molecule has 3 aromatic heterocycles. The van der Waals surface area contributed by atoms with E-state index in [4.69, 9.17) is 20.4 Å². The fourth-order valence-corrected chi connectivity index (χ4v) is 4.06. The second-order valence-corrected chi connectivity index (χ2v) is 10.2. The van der Waals surface area contributed by atoms with E-state index in [9.17, 15) is 18.8 Å². The van der Waals surface area contributed by atoms with Crippen LogP contribution in [0.4, 0.5) is 10.2 Å². The van der Waals surface area contributed by atoms with Crippen LogP contribution in [0.3, 0.4) is 0 Å². The first-order valence-corrected chi connectivity index (χ1v) is 13.2. The Balaban J connectivity index is 0.000000365. The van der Waals surface area contributed by atoms with Gasteiger partial charge in [-0.15, -0.1) is 10.2 Å². The predicted molar refractivity (Wildman–Crippen MR) is 149 cm³/mol. The smallest absolute Gasteiger partial charge is 0.335 e. The first-order valence-electron chi connectivity index (χ1n) is 13.2. The number of aliphatic hydroxyl groups is 2. The van der Waals surface area contributed by atoms with Crippen molar-refractivity contribution >= 4 is 23.7 Å². The van der Waals surface area contributed by atoms with Crippen LogP contribution >= 0.6 is 0 Å². The van der Waals surface area contributed by atoms with E-state index in [-0.39, 0.29) is 11.6 Å². The van der Waals surface area contributed by atoms with Gasteiger partial charge in [-0.05, 0) is 63.4 Å². The highest BCUT2D eigenvalue weighted by Gasteiger charge is 2.29. The standard InChI is InChI=1S/C24H24FN7O.C4H6O6/c1-14(2)32-13-27-30-23(32)19-5-4-6-22(28-19)29-24(33)17-10-21(15(3)9-18(17)25)31-11-20(26-12-31)16-7-8-16;5-1(3(7)8)2(6)4(9)10/h4-6,9-14,16H,7-8H2,1-3H3,(H,28,29,33);1-2,5-6H,(H,7,8)(H,9,10)/t;1-,2-/m.1/s1. The number of aryl methyl sites for hydroxylation is 1. The molecule has 1 aliphatic rings. The van der Waals surface area contributed by atoms with Crippen molar-refractivity contribution in [3.8, 4) is 17.2 Å². The van der Waals surface area contributed by atoms with Crippen LogP contribution < -0.4 is 5.32 Å². The van der Waals surface area contributed by atoms with Gasteiger partial charge in [0.2, 0.25) is 0 Å². The van der Waals surface area contributed by atoms with E-state index in [2.05, 4.69) is 25.5 Å². The third-order valence-electron chi connectivity index (χ3n) is 6.56. The van der Waals surface area contributed by atoms with E-state index in [1.54, 1.807) is 36.9 Å². The summed E-state index contributed by atoms with van der Waals surface area (Å²) in [4.78, 5) is 41.5. The van der Waals surface area contributed by atoms with Gasteiger partial charge < -0.3 is 34.9 Å². The number of pyridine rings is 1. The maximum Gasteiger partial charge on any atom is 0.335 e. The minimum Gasteiger partial charge on any atom is -0.479 e. The highest BCUT2D eigenvalue weighted by Crippen LogP contribution is 2.39. The molecule has 1 aromatic carbocycles. The van der Waals surface area contributed by atoms with Crippen molar-refractivity contribution in [3.63, 3.8) is 0 Å². The summed E-state index contributed by atoms with van der Waals surface area (Å²) in [5.74, 6) is -3.30. The maximum absolute atomic E-state index is 14.8. The lowest BCUT2D eigenvalue weighted by Gasteiger charge is -2.12. The van der Waals surface area contributed by atoms with Crippen LogP contribution in [0.15, 0.2) is 49.2 Å². The predicted octanol–water partition coefficient (Wildman–Crippen LogP) is 2.56. The number of amides is 1. The lowest BCUT2D eigenvalue weighted by molar-refractivity contribution is -0.165. The number of aliphatic hydroxyl groups excluding tert-OH is 2.